The Balaban J connectivity index is 2.32. The summed E-state index contributed by atoms with van der Waals surface area (Å²) >= 11 is 5.21. The number of hydrogen-bond acceptors (Lipinski definition) is 5. The maximum Gasteiger partial charge on any atom is 0.330 e. The van der Waals surface area contributed by atoms with Gasteiger partial charge in [0.05, 0.1) is 8.40 Å². The maximum atomic E-state index is 11.9. The van der Waals surface area contributed by atoms with Crippen molar-refractivity contribution in [3.8, 4) is 0 Å². The first-order chi connectivity index (χ1) is 10.3. The molecule has 0 spiro atoms. The maximum absolute atomic E-state index is 11.9. The van der Waals surface area contributed by atoms with Crippen molar-refractivity contribution < 1.29 is 14.3 Å². The molecule has 7 nitrogen and oxygen atoms in total. The van der Waals surface area contributed by atoms with Crippen molar-refractivity contribution in [1.29, 1.82) is 0 Å². The molecule has 1 unspecified atom stereocenters. The van der Waals surface area contributed by atoms with E-state index in [0.29, 0.717) is 6.42 Å². The number of ether oxygens (including phenoxy) is 2. The predicted molar refractivity (Wildman–Crippen MR) is 91.1 cm³/mol. The standard InChI is InChI=1S/C13H14BrIN2O5/c1-3-8(15)11-9(21-6(2)18)4-10(22-11)17-5-7(14)12(19)16-13(17)20/h3,5,8-11H,1,4H2,2H3,(H,16,19,20)/t8?,9-,10+,11+/m0/s1. The highest BCUT2D eigenvalue weighted by Crippen LogP contribution is 2.34. The Bertz CT molecular complexity index is 700. The zero-order chi connectivity index (χ0) is 16.4. The highest BCUT2D eigenvalue weighted by atomic mass is 127. The Morgan fingerprint density at radius 2 is 2.36 bits per heavy atom. The molecular formula is C13H14BrIN2O5. The van der Waals surface area contributed by atoms with Gasteiger partial charge in [0.25, 0.3) is 5.56 Å². The first-order valence-corrected chi connectivity index (χ1v) is 8.47. The number of aromatic nitrogens is 2. The lowest BCUT2D eigenvalue weighted by atomic mass is 10.1. The van der Waals surface area contributed by atoms with Gasteiger partial charge in [-0.15, -0.1) is 6.58 Å². The fourth-order valence-electron chi connectivity index (χ4n) is 2.25. The van der Waals surface area contributed by atoms with E-state index in [1.165, 1.54) is 17.7 Å². The van der Waals surface area contributed by atoms with Gasteiger partial charge in [-0.1, -0.05) is 28.7 Å². The quantitative estimate of drug-likeness (QED) is 0.303. The topological polar surface area (TPSA) is 90.4 Å². The Kier molecular flexibility index (Phi) is 5.61. The SMILES string of the molecule is C=CC(I)[C@H]1O[C@@H](n2cc(Br)c(=O)[nH]c2=O)C[C@@H]1OC(C)=O. The van der Waals surface area contributed by atoms with Crippen LogP contribution >= 0.6 is 38.5 Å². The van der Waals surface area contributed by atoms with Gasteiger partial charge in [0.1, 0.15) is 18.4 Å². The third-order valence-electron chi connectivity index (χ3n) is 3.21. The molecule has 22 heavy (non-hydrogen) atoms. The molecule has 1 fully saturated rings. The molecule has 0 saturated carbocycles. The van der Waals surface area contributed by atoms with Gasteiger partial charge in [0, 0.05) is 19.5 Å². The van der Waals surface area contributed by atoms with Crippen LogP contribution in [0.15, 0.2) is 32.9 Å². The zero-order valence-electron chi connectivity index (χ0n) is 11.6. The van der Waals surface area contributed by atoms with Crippen LogP contribution in [0.5, 0.6) is 0 Å². The van der Waals surface area contributed by atoms with Gasteiger partial charge < -0.3 is 9.47 Å². The molecule has 1 aliphatic heterocycles. The molecule has 2 heterocycles. The van der Waals surface area contributed by atoms with Gasteiger partial charge >= 0.3 is 11.7 Å². The van der Waals surface area contributed by atoms with E-state index in [-0.39, 0.29) is 8.40 Å². The number of H-pyrrole nitrogens is 1. The van der Waals surface area contributed by atoms with E-state index < -0.39 is 35.7 Å². The largest absolute Gasteiger partial charge is 0.460 e. The van der Waals surface area contributed by atoms with Crippen LogP contribution in [-0.2, 0) is 14.3 Å². The summed E-state index contributed by atoms with van der Waals surface area (Å²) in [5.74, 6) is -0.415. The first-order valence-electron chi connectivity index (χ1n) is 6.43. The lowest BCUT2D eigenvalue weighted by molar-refractivity contribution is -0.148. The molecule has 1 aromatic rings. The molecular weight excluding hydrogens is 471 g/mol. The molecule has 0 amide bonds. The Hall–Kier alpha value is -0.940. The molecule has 1 aliphatic rings. The van der Waals surface area contributed by atoms with E-state index in [0.717, 1.165) is 0 Å². The van der Waals surface area contributed by atoms with Crippen LogP contribution in [0.25, 0.3) is 0 Å². The van der Waals surface area contributed by atoms with Crippen molar-refractivity contribution in [3.05, 3.63) is 44.2 Å². The number of halogens is 2. The Morgan fingerprint density at radius 1 is 1.68 bits per heavy atom. The first kappa shape index (κ1) is 17.4. The van der Waals surface area contributed by atoms with Crippen molar-refractivity contribution in [3.63, 3.8) is 0 Å². The lowest BCUT2D eigenvalue weighted by Crippen LogP contribution is -2.33. The number of alkyl halides is 1. The van der Waals surface area contributed by atoms with E-state index in [2.05, 4.69) is 50.1 Å². The molecule has 1 aromatic heterocycles. The molecule has 0 radical (unpaired) electrons. The van der Waals surface area contributed by atoms with Crippen LogP contribution in [-0.4, -0.2) is 31.7 Å². The van der Waals surface area contributed by atoms with Crippen molar-refractivity contribution in [2.24, 2.45) is 0 Å². The van der Waals surface area contributed by atoms with Crippen LogP contribution in [0.1, 0.15) is 19.6 Å². The minimum atomic E-state index is -0.632. The van der Waals surface area contributed by atoms with E-state index >= 15 is 0 Å². The highest BCUT2D eigenvalue weighted by molar-refractivity contribution is 14.1. The lowest BCUT2D eigenvalue weighted by Gasteiger charge is -2.20. The molecule has 0 bridgehead atoms. The Morgan fingerprint density at radius 3 is 2.95 bits per heavy atom. The van der Waals surface area contributed by atoms with E-state index in [4.69, 9.17) is 9.47 Å². The van der Waals surface area contributed by atoms with Gasteiger partial charge in [0.2, 0.25) is 0 Å². The fourth-order valence-corrected chi connectivity index (χ4v) is 3.21. The molecule has 1 saturated heterocycles. The molecule has 4 atom stereocenters. The Labute approximate surface area is 148 Å². The van der Waals surface area contributed by atoms with Crippen LogP contribution < -0.4 is 11.2 Å². The fraction of sp³-hybridized carbons (Fsp3) is 0.462. The number of carbonyl (C=O) groups excluding carboxylic acids is 1. The average Bonchev–Trinajstić information content (AvgIpc) is 2.84. The highest BCUT2D eigenvalue weighted by Gasteiger charge is 2.41. The number of esters is 1. The number of carbonyl (C=O) groups is 1. The van der Waals surface area contributed by atoms with Gasteiger partial charge in [-0.3, -0.25) is 19.1 Å². The number of hydrogen-bond donors (Lipinski definition) is 1. The molecule has 2 rings (SSSR count). The van der Waals surface area contributed by atoms with Crippen molar-refractivity contribution in [2.75, 3.05) is 0 Å². The second kappa shape index (κ2) is 7.09. The molecule has 0 aliphatic carbocycles. The summed E-state index contributed by atoms with van der Waals surface area (Å²) in [5.41, 5.74) is -1.09. The summed E-state index contributed by atoms with van der Waals surface area (Å²) in [7, 11) is 0. The molecule has 0 aromatic carbocycles. The number of rotatable bonds is 4. The summed E-state index contributed by atoms with van der Waals surface area (Å²) in [6.07, 6.45) is 1.85. The molecule has 9 heteroatoms. The van der Waals surface area contributed by atoms with Gasteiger partial charge in [-0.2, -0.15) is 0 Å². The summed E-state index contributed by atoms with van der Waals surface area (Å²) in [6, 6.07) is 0. The zero-order valence-corrected chi connectivity index (χ0v) is 15.4. The monoisotopic (exact) mass is 484 g/mol. The second-order valence-electron chi connectivity index (χ2n) is 4.76. The summed E-state index contributed by atoms with van der Waals surface area (Å²) in [4.78, 5) is 36.8. The number of aromatic amines is 1. The minimum Gasteiger partial charge on any atom is -0.460 e. The van der Waals surface area contributed by atoms with Crippen LogP contribution in [0.3, 0.4) is 0 Å². The van der Waals surface area contributed by atoms with Crippen molar-refractivity contribution >= 4 is 44.5 Å². The molecule has 1 N–H and O–H groups in total. The van der Waals surface area contributed by atoms with Crippen LogP contribution in [0.2, 0.25) is 0 Å². The summed E-state index contributed by atoms with van der Waals surface area (Å²) in [5, 5.41) is 0. The molecule has 120 valence electrons. The third kappa shape index (κ3) is 3.69. The van der Waals surface area contributed by atoms with Crippen LogP contribution in [0, 0.1) is 0 Å². The smallest absolute Gasteiger partial charge is 0.330 e. The van der Waals surface area contributed by atoms with E-state index in [9.17, 15) is 14.4 Å². The van der Waals surface area contributed by atoms with Crippen molar-refractivity contribution in [1.82, 2.24) is 9.55 Å². The minimum absolute atomic E-state index is 0.0890. The van der Waals surface area contributed by atoms with E-state index in [1.807, 2.05) is 0 Å². The predicted octanol–water partition coefficient (Wildman–Crippen LogP) is 1.51. The summed E-state index contributed by atoms with van der Waals surface area (Å²) < 4.78 is 12.5. The van der Waals surface area contributed by atoms with E-state index in [1.54, 1.807) is 6.08 Å². The average molecular weight is 485 g/mol. The third-order valence-corrected chi connectivity index (χ3v) is 4.99. The van der Waals surface area contributed by atoms with Crippen molar-refractivity contribution in [2.45, 2.75) is 35.7 Å². The summed E-state index contributed by atoms with van der Waals surface area (Å²) in [6.45, 7) is 5.03. The second-order valence-corrected chi connectivity index (χ2v) is 7.06. The number of nitrogens with zero attached hydrogens (tertiary/aromatic N) is 1. The van der Waals surface area contributed by atoms with Gasteiger partial charge in [-0.25, -0.2) is 4.79 Å². The normalized spacial score (nSPS) is 25.7. The van der Waals surface area contributed by atoms with Gasteiger partial charge in [-0.05, 0) is 15.9 Å². The van der Waals surface area contributed by atoms with Gasteiger partial charge in [0.15, 0.2) is 0 Å². The van der Waals surface area contributed by atoms with Crippen LogP contribution in [0.4, 0.5) is 0 Å². The number of nitrogens with one attached hydrogen (secondary N) is 1.